The molecule has 53 heavy (non-hydrogen) atoms. The first kappa shape index (κ1) is 40.3. The molecule has 292 valence electrons. The predicted octanol–water partition coefficient (Wildman–Crippen LogP) is 7.96. The molecule has 3 aliphatic heterocycles. The van der Waals surface area contributed by atoms with Crippen LogP contribution in [0.15, 0.2) is 30.3 Å². The van der Waals surface area contributed by atoms with Crippen molar-refractivity contribution in [3.05, 3.63) is 53.0 Å². The number of carboxylic acids is 1. The van der Waals surface area contributed by atoms with Gasteiger partial charge >= 0.3 is 12.0 Å². The van der Waals surface area contributed by atoms with Gasteiger partial charge in [-0.25, -0.2) is 14.2 Å². The van der Waals surface area contributed by atoms with Gasteiger partial charge in [-0.15, -0.1) is 0 Å². The molecule has 2 fully saturated rings. The lowest BCUT2D eigenvalue weighted by Gasteiger charge is -2.45. The Balaban J connectivity index is 1.09. The number of anilines is 1. The van der Waals surface area contributed by atoms with Crippen LogP contribution in [-0.4, -0.2) is 88.6 Å². The summed E-state index contributed by atoms with van der Waals surface area (Å²) < 4.78 is 21.3. The van der Waals surface area contributed by atoms with Crippen LogP contribution in [0, 0.1) is 28.0 Å². The summed E-state index contributed by atoms with van der Waals surface area (Å²) in [6.45, 7) is 19.4. The first-order chi connectivity index (χ1) is 24.9. The Labute approximate surface area is 315 Å². The number of piperidine rings is 1. The van der Waals surface area contributed by atoms with Crippen molar-refractivity contribution in [3.63, 3.8) is 0 Å². The third-order valence-corrected chi connectivity index (χ3v) is 12.2. The van der Waals surface area contributed by atoms with Crippen LogP contribution in [0.1, 0.15) is 116 Å². The molecule has 1 atom stereocenters. The number of carboxylic acid groups (broad SMARTS) is 1. The van der Waals surface area contributed by atoms with E-state index < -0.39 is 23.2 Å². The van der Waals surface area contributed by atoms with Gasteiger partial charge in [-0.2, -0.15) is 0 Å². The number of halogens is 1. The molecule has 1 aromatic heterocycles. The van der Waals surface area contributed by atoms with Crippen LogP contribution in [0.2, 0.25) is 0 Å². The summed E-state index contributed by atoms with van der Waals surface area (Å²) in [7, 11) is 0. The third-order valence-electron chi connectivity index (χ3n) is 12.2. The Hall–Kier alpha value is -3.89. The van der Waals surface area contributed by atoms with Crippen LogP contribution >= 0.6 is 0 Å². The van der Waals surface area contributed by atoms with Crippen LogP contribution in [-0.2, 0) is 22.4 Å². The first-order valence-electron chi connectivity index (χ1n) is 19.7. The highest BCUT2D eigenvalue weighted by Gasteiger charge is 2.43. The number of rotatable bonds is 15. The maximum atomic E-state index is 15.4. The van der Waals surface area contributed by atoms with Gasteiger partial charge in [0.05, 0.1) is 19.1 Å². The number of nitrogens with zero attached hydrogens (tertiary/aromatic N) is 4. The molecule has 0 bridgehead atoms. The van der Waals surface area contributed by atoms with E-state index in [1.165, 1.54) is 11.6 Å². The van der Waals surface area contributed by atoms with Gasteiger partial charge in [-0.1, -0.05) is 60.6 Å². The van der Waals surface area contributed by atoms with Crippen LogP contribution in [0.5, 0.6) is 5.75 Å². The van der Waals surface area contributed by atoms with Crippen molar-refractivity contribution in [2.24, 2.45) is 22.2 Å². The molecular formula is C42H62FN5O5. The number of aliphatic carboxylic acids is 1. The molecule has 1 aromatic carbocycles. The Morgan fingerprint density at radius 3 is 2.45 bits per heavy atom. The fraction of sp³-hybridized carbons (Fsp3) is 0.667. The van der Waals surface area contributed by atoms with Gasteiger partial charge in [-0.3, -0.25) is 9.59 Å². The van der Waals surface area contributed by atoms with Crippen molar-refractivity contribution in [3.8, 4) is 5.75 Å². The van der Waals surface area contributed by atoms with E-state index in [0.29, 0.717) is 50.8 Å². The molecular weight excluding hydrogens is 673 g/mol. The van der Waals surface area contributed by atoms with Crippen molar-refractivity contribution < 1.29 is 28.6 Å². The smallest absolute Gasteiger partial charge is 0.320 e. The number of benzene rings is 1. The summed E-state index contributed by atoms with van der Waals surface area (Å²) in [6, 6.07) is 7.68. The standard InChI is InChI=1S/C42H62FN5O5/c1-40(2,3)42(6,7)28-41(4,5)38(51)46-21-16-29(17-22-46)18-25-53-35-15-13-31(26-33(35)43)34(27-36(49)50)48-24-23-47(39(48)52)20-9-11-32-14-12-30-10-8-19-44-37(30)45-32/h12-15,26,29,34H,8-11,16-25,27-28H2,1-7H3,(H,44,45)(H,49,50)/t34-/m0/s1. The number of hydrogen-bond donors (Lipinski definition) is 2. The number of carbonyl (C=O) groups is 3. The minimum absolute atomic E-state index is 0.0123. The van der Waals surface area contributed by atoms with Crippen molar-refractivity contribution in [2.45, 2.75) is 112 Å². The zero-order chi connectivity index (χ0) is 38.6. The molecule has 3 amide bonds. The second-order valence-corrected chi connectivity index (χ2v) is 17.8. The molecule has 5 rings (SSSR count). The first-order valence-corrected chi connectivity index (χ1v) is 19.7. The van der Waals surface area contributed by atoms with E-state index in [1.54, 1.807) is 21.9 Å². The molecule has 10 nitrogen and oxygen atoms in total. The molecule has 2 aromatic rings. The minimum Gasteiger partial charge on any atom is -0.491 e. The number of aryl methyl sites for hydroxylation is 2. The van der Waals surface area contributed by atoms with Crippen LogP contribution in [0.4, 0.5) is 15.0 Å². The lowest BCUT2D eigenvalue weighted by Crippen LogP contribution is -2.47. The van der Waals surface area contributed by atoms with E-state index in [4.69, 9.17) is 9.72 Å². The van der Waals surface area contributed by atoms with Gasteiger partial charge < -0.3 is 29.9 Å². The second-order valence-electron chi connectivity index (χ2n) is 17.8. The SMILES string of the molecule is CC(C)(CC(C)(C)C(C)(C)C)C(=O)N1CCC(CCOc2ccc([C@H](CC(=O)O)N3CCN(CCCc4ccc5c(n4)NCCC5)C3=O)cc2F)CC1. The van der Waals surface area contributed by atoms with Gasteiger partial charge in [0.25, 0.3) is 0 Å². The molecule has 0 aliphatic carbocycles. The fourth-order valence-electron chi connectivity index (χ4n) is 8.11. The van der Waals surface area contributed by atoms with E-state index in [-0.39, 0.29) is 34.9 Å². The fourth-order valence-corrected chi connectivity index (χ4v) is 8.11. The lowest BCUT2D eigenvalue weighted by molar-refractivity contribution is -0.144. The summed E-state index contributed by atoms with van der Waals surface area (Å²) in [5, 5.41) is 13.1. The van der Waals surface area contributed by atoms with E-state index in [1.807, 2.05) is 4.90 Å². The molecule has 3 aliphatic rings. The van der Waals surface area contributed by atoms with Gasteiger partial charge in [-0.05, 0) is 97.4 Å². The average Bonchev–Trinajstić information content (AvgIpc) is 3.46. The topological polar surface area (TPSA) is 115 Å². The van der Waals surface area contributed by atoms with Crippen LogP contribution in [0.3, 0.4) is 0 Å². The average molecular weight is 736 g/mol. The highest BCUT2D eigenvalue weighted by molar-refractivity contribution is 5.82. The lowest BCUT2D eigenvalue weighted by atomic mass is 9.62. The van der Waals surface area contributed by atoms with Crippen LogP contribution < -0.4 is 10.1 Å². The zero-order valence-corrected chi connectivity index (χ0v) is 33.1. The number of hydrogen-bond acceptors (Lipinski definition) is 6. The van der Waals surface area contributed by atoms with Gasteiger partial charge in [0, 0.05) is 50.4 Å². The predicted molar refractivity (Wildman–Crippen MR) is 205 cm³/mol. The van der Waals surface area contributed by atoms with Crippen molar-refractivity contribution in [1.29, 1.82) is 0 Å². The molecule has 4 heterocycles. The summed E-state index contributed by atoms with van der Waals surface area (Å²) in [4.78, 5) is 49.0. The Morgan fingerprint density at radius 1 is 1.04 bits per heavy atom. The monoisotopic (exact) mass is 735 g/mol. The Morgan fingerprint density at radius 2 is 1.77 bits per heavy atom. The molecule has 0 radical (unpaired) electrons. The number of nitrogens with one attached hydrogen (secondary N) is 1. The van der Waals surface area contributed by atoms with Gasteiger partial charge in [0.1, 0.15) is 5.82 Å². The minimum atomic E-state index is -1.06. The van der Waals surface area contributed by atoms with Crippen molar-refractivity contribution in [1.82, 2.24) is 19.7 Å². The number of likely N-dealkylation sites (tertiary alicyclic amines) is 1. The number of ether oxygens (including phenoxy) is 1. The number of urea groups is 1. The number of aromatic nitrogens is 1. The van der Waals surface area contributed by atoms with E-state index in [0.717, 1.165) is 69.4 Å². The summed E-state index contributed by atoms with van der Waals surface area (Å²) >= 11 is 0. The van der Waals surface area contributed by atoms with Crippen LogP contribution in [0.25, 0.3) is 0 Å². The largest absolute Gasteiger partial charge is 0.491 e. The summed E-state index contributed by atoms with van der Waals surface area (Å²) in [5.74, 6) is 0.0314. The normalized spacial score (nSPS) is 17.8. The molecule has 2 saturated heterocycles. The second kappa shape index (κ2) is 16.6. The molecule has 0 unspecified atom stereocenters. The maximum Gasteiger partial charge on any atom is 0.320 e. The highest BCUT2D eigenvalue weighted by atomic mass is 19.1. The van der Waals surface area contributed by atoms with E-state index in [2.05, 4.69) is 65.9 Å². The molecule has 11 heteroatoms. The maximum absolute atomic E-state index is 15.4. The van der Waals surface area contributed by atoms with E-state index in [9.17, 15) is 19.5 Å². The molecule has 2 N–H and O–H groups in total. The van der Waals surface area contributed by atoms with Gasteiger partial charge in [0.15, 0.2) is 11.6 Å². The molecule has 0 spiro atoms. The van der Waals surface area contributed by atoms with Crippen molar-refractivity contribution in [2.75, 3.05) is 51.2 Å². The Bertz CT molecular complexity index is 1610. The number of amides is 3. The van der Waals surface area contributed by atoms with E-state index >= 15 is 4.39 Å². The summed E-state index contributed by atoms with van der Waals surface area (Å²) in [5.41, 5.74) is 2.31. The highest BCUT2D eigenvalue weighted by Crippen LogP contribution is 2.47. The van der Waals surface area contributed by atoms with Crippen molar-refractivity contribution >= 4 is 23.7 Å². The number of fused-ring (bicyclic) bond motifs is 1. The number of pyridine rings is 1. The number of carbonyl (C=O) groups excluding carboxylic acids is 2. The Kier molecular flexibility index (Phi) is 12.7. The third kappa shape index (κ3) is 10.0. The molecule has 0 saturated carbocycles. The van der Waals surface area contributed by atoms with Gasteiger partial charge in [0.2, 0.25) is 5.91 Å². The quantitative estimate of drug-likeness (QED) is 0.191. The summed E-state index contributed by atoms with van der Waals surface area (Å²) in [6.07, 6.45) is 6.63. The zero-order valence-electron chi connectivity index (χ0n) is 33.1.